The van der Waals surface area contributed by atoms with Gasteiger partial charge in [0.05, 0.1) is 0 Å². The van der Waals surface area contributed by atoms with Crippen molar-refractivity contribution < 1.29 is 14.3 Å². The van der Waals surface area contributed by atoms with Crippen LogP contribution in [-0.2, 0) is 11.4 Å². The maximum absolute atomic E-state index is 9.15. The molecule has 0 fully saturated rings. The molecule has 0 heterocycles. The zero-order chi connectivity index (χ0) is 23.3. The standard InChI is InChI=1S/C23H24ClNO2.CH5N3O/c1-16-6-4-9-23(25-3)22(16)15-26-20-7-5-8-21(14-20)27-17(2)18-10-12-19(24)13-11-18;2-4-3-1-5/h4-14,17,25H,15H2,1-3H3;1,4H,2H2,(H,3,5). The molecular weight excluding hydrogens is 428 g/mol. The molecule has 3 aromatic carbocycles. The lowest BCUT2D eigenvalue weighted by atomic mass is 10.1. The maximum atomic E-state index is 9.15. The van der Waals surface area contributed by atoms with Crippen molar-refractivity contribution >= 4 is 23.7 Å². The molecule has 0 radical (unpaired) electrons. The fourth-order valence-corrected chi connectivity index (χ4v) is 3.09. The normalized spacial score (nSPS) is 10.9. The summed E-state index contributed by atoms with van der Waals surface area (Å²) in [5, 5.41) is 3.94. The van der Waals surface area contributed by atoms with Crippen LogP contribution < -0.4 is 31.6 Å². The molecule has 0 aromatic heterocycles. The van der Waals surface area contributed by atoms with Gasteiger partial charge in [-0.25, -0.2) is 0 Å². The lowest BCUT2D eigenvalue weighted by molar-refractivity contribution is -0.110. The Hall–Kier alpha value is -3.26. The summed E-state index contributed by atoms with van der Waals surface area (Å²) in [6, 6.07) is 21.6. The fraction of sp³-hybridized carbons (Fsp3) is 0.208. The zero-order valence-electron chi connectivity index (χ0n) is 18.4. The molecule has 8 heteroatoms. The van der Waals surface area contributed by atoms with Crippen LogP contribution in [0.4, 0.5) is 5.69 Å². The molecule has 7 nitrogen and oxygen atoms in total. The van der Waals surface area contributed by atoms with Crippen LogP contribution in [0.3, 0.4) is 0 Å². The summed E-state index contributed by atoms with van der Waals surface area (Å²) < 4.78 is 12.1. The van der Waals surface area contributed by atoms with Crippen LogP contribution >= 0.6 is 11.6 Å². The van der Waals surface area contributed by atoms with Gasteiger partial charge in [0.25, 0.3) is 0 Å². The average molecular weight is 457 g/mol. The van der Waals surface area contributed by atoms with Gasteiger partial charge in [-0.15, -0.1) is 0 Å². The van der Waals surface area contributed by atoms with E-state index in [9.17, 15) is 0 Å². The number of benzene rings is 3. The van der Waals surface area contributed by atoms with Crippen LogP contribution in [0.5, 0.6) is 11.5 Å². The molecular formula is C24H29ClN4O3. The minimum Gasteiger partial charge on any atom is -0.489 e. The van der Waals surface area contributed by atoms with Crippen molar-refractivity contribution in [1.82, 2.24) is 11.0 Å². The van der Waals surface area contributed by atoms with E-state index in [4.69, 9.17) is 25.9 Å². The Morgan fingerprint density at radius 1 is 1.06 bits per heavy atom. The molecule has 0 aliphatic carbocycles. The first kappa shape index (κ1) is 25.0. The highest BCUT2D eigenvalue weighted by Gasteiger charge is 2.09. The van der Waals surface area contributed by atoms with Crippen LogP contribution in [0.15, 0.2) is 66.7 Å². The molecule has 0 spiro atoms. The van der Waals surface area contributed by atoms with Crippen molar-refractivity contribution in [2.24, 2.45) is 5.84 Å². The van der Waals surface area contributed by atoms with Crippen LogP contribution in [-0.4, -0.2) is 13.5 Å². The molecule has 32 heavy (non-hydrogen) atoms. The van der Waals surface area contributed by atoms with Crippen molar-refractivity contribution in [2.45, 2.75) is 26.6 Å². The fourth-order valence-electron chi connectivity index (χ4n) is 2.96. The minimum absolute atomic E-state index is 0.0789. The third-order valence-corrected chi connectivity index (χ3v) is 4.91. The van der Waals surface area contributed by atoms with Crippen molar-refractivity contribution in [2.75, 3.05) is 12.4 Å². The van der Waals surface area contributed by atoms with E-state index in [1.165, 1.54) is 5.56 Å². The van der Waals surface area contributed by atoms with Gasteiger partial charge in [-0.1, -0.05) is 41.9 Å². The number of rotatable bonds is 9. The second kappa shape index (κ2) is 13.2. The molecule has 0 bridgehead atoms. The predicted octanol–water partition coefficient (Wildman–Crippen LogP) is 4.52. The van der Waals surface area contributed by atoms with E-state index in [0.717, 1.165) is 33.3 Å². The number of hydrazine groups is 2. The van der Waals surface area contributed by atoms with Crippen molar-refractivity contribution in [3.8, 4) is 11.5 Å². The highest BCUT2D eigenvalue weighted by Crippen LogP contribution is 2.27. The van der Waals surface area contributed by atoms with Gasteiger partial charge in [-0.05, 0) is 55.3 Å². The Kier molecular flexibility index (Phi) is 10.3. The monoisotopic (exact) mass is 456 g/mol. The van der Waals surface area contributed by atoms with E-state index in [2.05, 4.69) is 30.2 Å². The van der Waals surface area contributed by atoms with Crippen LogP contribution in [0.2, 0.25) is 5.02 Å². The van der Waals surface area contributed by atoms with Gasteiger partial charge in [-0.2, -0.15) is 5.53 Å². The number of anilines is 1. The van der Waals surface area contributed by atoms with E-state index >= 15 is 0 Å². The minimum atomic E-state index is -0.0789. The quantitative estimate of drug-likeness (QED) is 0.215. The lowest BCUT2D eigenvalue weighted by Gasteiger charge is -2.17. The maximum Gasteiger partial charge on any atom is 0.222 e. The van der Waals surface area contributed by atoms with Crippen LogP contribution in [0, 0.1) is 6.92 Å². The van der Waals surface area contributed by atoms with E-state index in [-0.39, 0.29) is 6.10 Å². The number of carbonyl (C=O) groups excluding carboxylic acids is 1. The molecule has 5 N–H and O–H groups in total. The Labute approximate surface area is 193 Å². The molecule has 3 rings (SSSR count). The third-order valence-electron chi connectivity index (χ3n) is 4.66. The third kappa shape index (κ3) is 7.77. The van der Waals surface area contributed by atoms with E-state index in [0.29, 0.717) is 13.0 Å². The number of carbonyl (C=O) groups is 1. The SMILES string of the molecule is CNc1cccc(C)c1COc1cccc(OC(C)c2ccc(Cl)cc2)c1.NNNC=O. The smallest absolute Gasteiger partial charge is 0.222 e. The van der Waals surface area contributed by atoms with Crippen LogP contribution in [0.25, 0.3) is 0 Å². The van der Waals surface area contributed by atoms with Crippen molar-refractivity contribution in [3.05, 3.63) is 88.4 Å². The molecule has 1 amide bonds. The van der Waals surface area contributed by atoms with Gasteiger partial charge in [0, 0.05) is 29.4 Å². The van der Waals surface area contributed by atoms with Gasteiger partial charge in [-0.3, -0.25) is 16.1 Å². The van der Waals surface area contributed by atoms with Gasteiger partial charge >= 0.3 is 0 Å². The topological polar surface area (TPSA) is 97.6 Å². The lowest BCUT2D eigenvalue weighted by Crippen LogP contribution is -2.36. The molecule has 0 aliphatic heterocycles. The molecule has 0 aliphatic rings. The van der Waals surface area contributed by atoms with Crippen molar-refractivity contribution in [1.29, 1.82) is 0 Å². The summed E-state index contributed by atoms with van der Waals surface area (Å²) in [6.07, 6.45) is 0.366. The highest BCUT2D eigenvalue weighted by atomic mass is 35.5. The summed E-state index contributed by atoms with van der Waals surface area (Å²) in [5.74, 6) is 6.10. The first-order chi connectivity index (χ1) is 15.5. The number of nitrogens with two attached hydrogens (primary N) is 1. The van der Waals surface area contributed by atoms with Crippen molar-refractivity contribution in [3.63, 3.8) is 0 Å². The van der Waals surface area contributed by atoms with E-state index in [1.807, 2.05) is 79.5 Å². The first-order valence-electron chi connectivity index (χ1n) is 10.0. The summed E-state index contributed by atoms with van der Waals surface area (Å²) in [7, 11) is 1.92. The van der Waals surface area contributed by atoms with Gasteiger partial charge < -0.3 is 14.8 Å². The van der Waals surface area contributed by atoms with E-state index in [1.54, 1.807) is 0 Å². The van der Waals surface area contributed by atoms with E-state index < -0.39 is 0 Å². The summed E-state index contributed by atoms with van der Waals surface area (Å²) in [6.45, 7) is 4.61. The number of aryl methyl sites for hydroxylation is 1. The number of halogens is 1. The van der Waals surface area contributed by atoms with Crippen LogP contribution in [0.1, 0.15) is 29.7 Å². The van der Waals surface area contributed by atoms with Gasteiger partial charge in [0.2, 0.25) is 6.41 Å². The Balaban J connectivity index is 0.000000654. The largest absolute Gasteiger partial charge is 0.489 e. The number of ether oxygens (including phenoxy) is 2. The second-order valence-electron chi connectivity index (χ2n) is 6.83. The second-order valence-corrected chi connectivity index (χ2v) is 7.27. The Bertz CT molecular complexity index is 983. The summed E-state index contributed by atoms with van der Waals surface area (Å²) in [4.78, 5) is 9.15. The zero-order valence-corrected chi connectivity index (χ0v) is 19.1. The average Bonchev–Trinajstić information content (AvgIpc) is 2.79. The molecule has 0 saturated carbocycles. The first-order valence-corrected chi connectivity index (χ1v) is 10.4. The predicted molar refractivity (Wildman–Crippen MR) is 129 cm³/mol. The molecule has 1 atom stereocenters. The number of amides is 1. The molecule has 1 unspecified atom stereocenters. The Morgan fingerprint density at radius 3 is 2.38 bits per heavy atom. The number of nitrogens with one attached hydrogen (secondary N) is 3. The summed E-state index contributed by atoms with van der Waals surface area (Å²) >= 11 is 5.95. The number of hydrogen-bond acceptors (Lipinski definition) is 6. The number of hydrogen-bond donors (Lipinski definition) is 4. The van der Waals surface area contributed by atoms with Gasteiger partial charge in [0.15, 0.2) is 0 Å². The molecule has 0 saturated heterocycles. The summed E-state index contributed by atoms with van der Waals surface area (Å²) in [5.41, 5.74) is 8.37. The molecule has 3 aromatic rings. The molecule has 170 valence electrons. The van der Waals surface area contributed by atoms with Gasteiger partial charge in [0.1, 0.15) is 24.2 Å². The Morgan fingerprint density at radius 2 is 1.75 bits per heavy atom. The highest BCUT2D eigenvalue weighted by molar-refractivity contribution is 6.30.